The van der Waals surface area contributed by atoms with Crippen LogP contribution in [-0.4, -0.2) is 18.5 Å². The highest BCUT2D eigenvalue weighted by Gasteiger charge is 2.09. The van der Waals surface area contributed by atoms with Crippen molar-refractivity contribution < 1.29 is 38.1 Å². The molecule has 0 radical (unpaired) electrons. The number of pyridine rings is 1. The van der Waals surface area contributed by atoms with Gasteiger partial charge in [0, 0.05) is 18.7 Å². The van der Waals surface area contributed by atoms with Gasteiger partial charge in [0.25, 0.3) is 5.91 Å². The van der Waals surface area contributed by atoms with Crippen LogP contribution in [-0.2, 0) is 7.05 Å². The smallest absolute Gasteiger partial charge is 0.321 e. The summed E-state index contributed by atoms with van der Waals surface area (Å²) < 4.78 is 1.81. The summed E-state index contributed by atoms with van der Waals surface area (Å²) in [5.41, 5.74) is 0.458. The first-order valence-electron chi connectivity index (χ1n) is 4.68. The molecular formula is C10H14IN3O2. The number of hydrogen-bond acceptors (Lipinski definition) is 2. The van der Waals surface area contributed by atoms with Crippen LogP contribution in [0.4, 0.5) is 4.79 Å². The highest BCUT2D eigenvalue weighted by atomic mass is 127. The van der Waals surface area contributed by atoms with Crippen LogP contribution >= 0.6 is 0 Å². The number of urea groups is 1. The van der Waals surface area contributed by atoms with Crippen molar-refractivity contribution in [3.8, 4) is 0 Å². The first-order valence-corrected chi connectivity index (χ1v) is 4.68. The third-order valence-corrected chi connectivity index (χ3v) is 1.81. The number of carbonyl (C=O) groups is 2. The molecule has 0 spiro atoms. The topological polar surface area (TPSA) is 62.1 Å². The van der Waals surface area contributed by atoms with Crippen LogP contribution in [0.5, 0.6) is 0 Å². The number of aryl methyl sites for hydroxylation is 1. The Kier molecular flexibility index (Phi) is 6.63. The van der Waals surface area contributed by atoms with E-state index in [0.717, 1.165) is 0 Å². The number of hydrogen-bond donors (Lipinski definition) is 2. The normalized spacial score (nSPS) is 8.88. The van der Waals surface area contributed by atoms with Gasteiger partial charge in [-0.3, -0.25) is 10.1 Å². The number of carbonyl (C=O) groups excluding carboxylic acids is 2. The Bertz CT molecular complexity index is 365. The van der Waals surface area contributed by atoms with Gasteiger partial charge < -0.3 is 29.3 Å². The van der Waals surface area contributed by atoms with Crippen LogP contribution in [0, 0.1) is 0 Å². The molecule has 16 heavy (non-hydrogen) atoms. The number of imide groups is 1. The standard InChI is InChI=1S/C10H13N3O2.HI/c1-3-11-10(15)12-9(14)8-4-6-13(2)7-5-8;/h4-7H,3H2,1-2H3,(H-,11,12,14,15);1H. The quantitative estimate of drug-likeness (QED) is 0.446. The van der Waals surface area contributed by atoms with Gasteiger partial charge in [0.05, 0.1) is 5.56 Å². The molecular weight excluding hydrogens is 321 g/mol. The molecule has 1 heterocycles. The van der Waals surface area contributed by atoms with Crippen molar-refractivity contribution in [2.24, 2.45) is 7.05 Å². The van der Waals surface area contributed by atoms with E-state index < -0.39 is 11.9 Å². The maximum Gasteiger partial charge on any atom is 0.321 e. The molecule has 88 valence electrons. The van der Waals surface area contributed by atoms with E-state index in [4.69, 9.17) is 0 Å². The van der Waals surface area contributed by atoms with E-state index in [1.165, 1.54) is 0 Å². The Labute approximate surface area is 111 Å². The second-order valence-electron chi connectivity index (χ2n) is 3.07. The third kappa shape index (κ3) is 4.56. The molecule has 0 saturated heterocycles. The molecule has 0 aliphatic carbocycles. The minimum Gasteiger partial charge on any atom is -1.00 e. The highest BCUT2D eigenvalue weighted by Crippen LogP contribution is 1.93. The monoisotopic (exact) mass is 335 g/mol. The summed E-state index contributed by atoms with van der Waals surface area (Å²) in [6.07, 6.45) is 3.49. The minimum atomic E-state index is -0.476. The second-order valence-corrected chi connectivity index (χ2v) is 3.07. The Morgan fingerprint density at radius 1 is 1.31 bits per heavy atom. The average molecular weight is 335 g/mol. The zero-order chi connectivity index (χ0) is 11.3. The van der Waals surface area contributed by atoms with Crippen LogP contribution in [0.3, 0.4) is 0 Å². The number of amides is 3. The maximum atomic E-state index is 11.5. The average Bonchev–Trinajstić information content (AvgIpc) is 2.18. The van der Waals surface area contributed by atoms with Crippen LogP contribution in [0.1, 0.15) is 17.3 Å². The lowest BCUT2D eigenvalue weighted by molar-refractivity contribution is -0.671. The van der Waals surface area contributed by atoms with Gasteiger partial charge in [0.1, 0.15) is 7.05 Å². The number of aromatic nitrogens is 1. The van der Waals surface area contributed by atoms with Gasteiger partial charge in [0.15, 0.2) is 12.4 Å². The summed E-state index contributed by atoms with van der Waals surface area (Å²) in [6.45, 7) is 2.27. The molecule has 1 aromatic heterocycles. The van der Waals surface area contributed by atoms with Gasteiger partial charge in [-0.1, -0.05) is 0 Å². The lowest BCUT2D eigenvalue weighted by Crippen LogP contribution is -3.00. The van der Waals surface area contributed by atoms with Crippen molar-refractivity contribution in [1.82, 2.24) is 10.6 Å². The fourth-order valence-corrected chi connectivity index (χ4v) is 1.03. The Morgan fingerprint density at radius 2 is 1.88 bits per heavy atom. The molecule has 0 aliphatic rings. The molecule has 3 amide bonds. The summed E-state index contributed by atoms with van der Waals surface area (Å²) in [4.78, 5) is 22.5. The summed E-state index contributed by atoms with van der Waals surface area (Å²) in [5.74, 6) is -0.401. The SMILES string of the molecule is CCNC(=O)NC(=O)c1cc[n+](C)cc1.[I-]. The number of rotatable bonds is 2. The van der Waals surface area contributed by atoms with E-state index in [-0.39, 0.29) is 24.0 Å². The zero-order valence-electron chi connectivity index (χ0n) is 9.16. The van der Waals surface area contributed by atoms with Crippen LogP contribution in [0.2, 0.25) is 0 Å². The molecule has 6 heteroatoms. The van der Waals surface area contributed by atoms with Crippen molar-refractivity contribution in [3.05, 3.63) is 30.1 Å². The molecule has 5 nitrogen and oxygen atoms in total. The van der Waals surface area contributed by atoms with E-state index in [0.29, 0.717) is 12.1 Å². The Morgan fingerprint density at radius 3 is 2.38 bits per heavy atom. The third-order valence-electron chi connectivity index (χ3n) is 1.81. The molecule has 2 N–H and O–H groups in total. The predicted octanol–water partition coefficient (Wildman–Crippen LogP) is -3.03. The van der Waals surface area contributed by atoms with Crippen molar-refractivity contribution in [3.63, 3.8) is 0 Å². The predicted molar refractivity (Wildman–Crippen MR) is 54.2 cm³/mol. The Hall–Kier alpha value is -1.18. The molecule has 0 unspecified atom stereocenters. The van der Waals surface area contributed by atoms with Crippen LogP contribution < -0.4 is 39.2 Å². The van der Waals surface area contributed by atoms with Gasteiger partial charge in [-0.2, -0.15) is 0 Å². The fourth-order valence-electron chi connectivity index (χ4n) is 1.03. The molecule has 0 aromatic carbocycles. The lowest BCUT2D eigenvalue weighted by atomic mass is 10.2. The molecule has 1 aromatic rings. The highest BCUT2D eigenvalue weighted by molar-refractivity contribution is 6.03. The molecule has 0 fully saturated rings. The van der Waals surface area contributed by atoms with Gasteiger partial charge in [-0.25, -0.2) is 9.36 Å². The molecule has 0 atom stereocenters. The van der Waals surface area contributed by atoms with E-state index in [1.54, 1.807) is 31.5 Å². The van der Waals surface area contributed by atoms with E-state index >= 15 is 0 Å². The summed E-state index contributed by atoms with van der Waals surface area (Å²) >= 11 is 0. The van der Waals surface area contributed by atoms with Crippen molar-refractivity contribution in [1.29, 1.82) is 0 Å². The fraction of sp³-hybridized carbons (Fsp3) is 0.300. The Balaban J connectivity index is 0.00000225. The van der Waals surface area contributed by atoms with Crippen molar-refractivity contribution >= 4 is 11.9 Å². The van der Waals surface area contributed by atoms with Gasteiger partial charge in [0.2, 0.25) is 0 Å². The summed E-state index contributed by atoms with van der Waals surface area (Å²) in [6, 6.07) is 2.82. The molecule has 0 aliphatic heterocycles. The zero-order valence-corrected chi connectivity index (χ0v) is 11.3. The van der Waals surface area contributed by atoms with Gasteiger partial charge >= 0.3 is 6.03 Å². The summed E-state index contributed by atoms with van der Waals surface area (Å²) in [7, 11) is 1.85. The van der Waals surface area contributed by atoms with E-state index in [2.05, 4.69) is 10.6 Å². The summed E-state index contributed by atoms with van der Waals surface area (Å²) in [5, 5.41) is 4.70. The minimum absolute atomic E-state index is 0. The maximum absolute atomic E-state index is 11.5. The van der Waals surface area contributed by atoms with Gasteiger partial charge in [-0.05, 0) is 6.92 Å². The number of nitrogens with zero attached hydrogens (tertiary/aromatic N) is 1. The largest absolute Gasteiger partial charge is 1.00 e. The molecule has 0 saturated carbocycles. The van der Waals surface area contributed by atoms with Crippen molar-refractivity contribution in [2.75, 3.05) is 6.54 Å². The van der Waals surface area contributed by atoms with E-state index in [1.807, 2.05) is 11.6 Å². The first-order chi connectivity index (χ1) is 7.13. The van der Waals surface area contributed by atoms with Crippen LogP contribution in [0.15, 0.2) is 24.5 Å². The second kappa shape index (κ2) is 7.15. The lowest BCUT2D eigenvalue weighted by Gasteiger charge is -2.03. The van der Waals surface area contributed by atoms with Crippen LogP contribution in [0.25, 0.3) is 0 Å². The number of nitrogens with one attached hydrogen (secondary N) is 2. The van der Waals surface area contributed by atoms with Gasteiger partial charge in [-0.15, -0.1) is 0 Å². The molecule has 1 rings (SSSR count). The van der Waals surface area contributed by atoms with E-state index in [9.17, 15) is 9.59 Å². The van der Waals surface area contributed by atoms with Crippen molar-refractivity contribution in [2.45, 2.75) is 6.92 Å². The molecule has 0 bridgehead atoms. The number of halogens is 1. The first kappa shape index (κ1) is 14.8.